The Morgan fingerprint density at radius 2 is 1.96 bits per heavy atom. The molecule has 2 aliphatic heterocycles. The Labute approximate surface area is 146 Å². The molecule has 2 aliphatic rings. The van der Waals surface area contributed by atoms with Crippen molar-refractivity contribution < 1.29 is 4.79 Å². The minimum Gasteiger partial charge on any atom is -0.340 e. The number of hydrogen-bond donors (Lipinski definition) is 1. The van der Waals surface area contributed by atoms with E-state index >= 15 is 0 Å². The summed E-state index contributed by atoms with van der Waals surface area (Å²) in [7, 11) is 0. The number of thiazole rings is 1. The maximum Gasteiger partial charge on any atom is 0.228 e. The second-order valence-corrected chi connectivity index (χ2v) is 7.15. The second-order valence-electron chi connectivity index (χ2n) is 6.03. The summed E-state index contributed by atoms with van der Waals surface area (Å²) >= 11 is 1.77. The highest BCUT2D eigenvalue weighted by molar-refractivity contribution is 7.18. The minimum atomic E-state index is 0. The molecule has 2 saturated heterocycles. The van der Waals surface area contributed by atoms with E-state index in [4.69, 9.17) is 4.98 Å². The standard InChI is InChI=1S/C16H20N4OS.ClH/c21-16(12-9-17-10-12)20-7-5-19(6-8-20)11-15-18-13-3-1-2-4-14(13)22-15;/h1-4,12,17H,5-11H2;1H. The van der Waals surface area contributed by atoms with Gasteiger partial charge in [-0.15, -0.1) is 23.7 Å². The molecular weight excluding hydrogens is 332 g/mol. The summed E-state index contributed by atoms with van der Waals surface area (Å²) in [6, 6.07) is 8.29. The topological polar surface area (TPSA) is 48.5 Å². The first-order valence-corrected chi connectivity index (χ1v) is 8.67. The van der Waals surface area contributed by atoms with E-state index in [0.29, 0.717) is 5.91 Å². The molecule has 23 heavy (non-hydrogen) atoms. The number of amides is 1. The minimum absolute atomic E-state index is 0. The summed E-state index contributed by atoms with van der Waals surface area (Å²) in [6.45, 7) is 6.19. The van der Waals surface area contributed by atoms with Gasteiger partial charge in [-0.2, -0.15) is 0 Å². The molecule has 0 spiro atoms. The van der Waals surface area contributed by atoms with Gasteiger partial charge in [-0.1, -0.05) is 12.1 Å². The second kappa shape index (κ2) is 7.13. The number of piperazine rings is 1. The number of fused-ring (bicyclic) bond motifs is 1. The largest absolute Gasteiger partial charge is 0.340 e. The molecule has 3 heterocycles. The average Bonchev–Trinajstić information content (AvgIpc) is 2.88. The van der Waals surface area contributed by atoms with Crippen LogP contribution < -0.4 is 5.32 Å². The smallest absolute Gasteiger partial charge is 0.228 e. The fourth-order valence-corrected chi connectivity index (χ4v) is 4.04. The van der Waals surface area contributed by atoms with Gasteiger partial charge in [0.05, 0.1) is 22.7 Å². The third-order valence-corrected chi connectivity index (χ3v) is 5.53. The number of carbonyl (C=O) groups excluding carboxylic acids is 1. The maximum absolute atomic E-state index is 12.2. The lowest BCUT2D eigenvalue weighted by Crippen LogP contribution is -2.56. The number of rotatable bonds is 3. The summed E-state index contributed by atoms with van der Waals surface area (Å²) in [4.78, 5) is 21.4. The number of nitrogens with zero attached hydrogens (tertiary/aromatic N) is 3. The van der Waals surface area contributed by atoms with E-state index in [1.54, 1.807) is 11.3 Å². The third kappa shape index (κ3) is 3.50. The first-order chi connectivity index (χ1) is 10.8. The van der Waals surface area contributed by atoms with E-state index in [9.17, 15) is 4.79 Å². The van der Waals surface area contributed by atoms with Gasteiger partial charge < -0.3 is 10.2 Å². The molecule has 1 amide bonds. The fraction of sp³-hybridized carbons (Fsp3) is 0.500. The van der Waals surface area contributed by atoms with Crippen molar-refractivity contribution in [1.29, 1.82) is 0 Å². The molecule has 0 saturated carbocycles. The van der Waals surface area contributed by atoms with Crippen molar-refractivity contribution in [3.8, 4) is 0 Å². The van der Waals surface area contributed by atoms with Crippen molar-refractivity contribution in [1.82, 2.24) is 20.1 Å². The lowest BCUT2D eigenvalue weighted by molar-refractivity contribution is -0.138. The Balaban J connectivity index is 0.00000156. The zero-order chi connectivity index (χ0) is 14.9. The van der Waals surface area contributed by atoms with Crippen molar-refractivity contribution in [3.63, 3.8) is 0 Å². The van der Waals surface area contributed by atoms with Crippen LogP contribution in [0.15, 0.2) is 24.3 Å². The monoisotopic (exact) mass is 352 g/mol. The quantitative estimate of drug-likeness (QED) is 0.911. The van der Waals surface area contributed by atoms with E-state index in [2.05, 4.69) is 28.4 Å². The van der Waals surface area contributed by atoms with Crippen LogP contribution in [0.3, 0.4) is 0 Å². The van der Waals surface area contributed by atoms with E-state index in [-0.39, 0.29) is 18.3 Å². The molecule has 124 valence electrons. The predicted molar refractivity (Wildman–Crippen MR) is 95.1 cm³/mol. The lowest BCUT2D eigenvalue weighted by Gasteiger charge is -2.38. The van der Waals surface area contributed by atoms with Crippen molar-refractivity contribution >= 4 is 39.9 Å². The number of halogens is 1. The predicted octanol–water partition coefficient (Wildman–Crippen LogP) is 1.58. The van der Waals surface area contributed by atoms with Gasteiger partial charge in [0.25, 0.3) is 0 Å². The first-order valence-electron chi connectivity index (χ1n) is 7.86. The normalized spacial score (nSPS) is 19.4. The van der Waals surface area contributed by atoms with Crippen molar-refractivity contribution in [2.24, 2.45) is 5.92 Å². The average molecular weight is 353 g/mol. The molecule has 1 N–H and O–H groups in total. The molecule has 5 nitrogen and oxygen atoms in total. The summed E-state index contributed by atoms with van der Waals surface area (Å²) in [5.74, 6) is 0.550. The van der Waals surface area contributed by atoms with Gasteiger partial charge in [-0.25, -0.2) is 4.98 Å². The Morgan fingerprint density at radius 1 is 1.22 bits per heavy atom. The van der Waals surface area contributed by atoms with E-state index in [0.717, 1.165) is 51.3 Å². The molecular formula is C16H21ClN4OS. The highest BCUT2D eigenvalue weighted by Gasteiger charge is 2.31. The third-order valence-electron chi connectivity index (χ3n) is 4.51. The molecule has 1 aromatic heterocycles. The Morgan fingerprint density at radius 3 is 2.61 bits per heavy atom. The van der Waals surface area contributed by atoms with Gasteiger partial charge in [-0.3, -0.25) is 9.69 Å². The van der Waals surface area contributed by atoms with Gasteiger partial charge in [0.15, 0.2) is 0 Å². The van der Waals surface area contributed by atoms with Gasteiger partial charge in [0.1, 0.15) is 5.01 Å². The SMILES string of the molecule is Cl.O=C(C1CNC1)N1CCN(Cc2nc3ccccc3s2)CC1. The fourth-order valence-electron chi connectivity index (χ4n) is 3.03. The number of hydrogen-bond acceptors (Lipinski definition) is 5. The zero-order valence-electron chi connectivity index (χ0n) is 12.9. The van der Waals surface area contributed by atoms with Crippen LogP contribution in [0.4, 0.5) is 0 Å². The molecule has 0 aliphatic carbocycles. The van der Waals surface area contributed by atoms with Gasteiger partial charge in [0.2, 0.25) is 5.91 Å². The van der Waals surface area contributed by atoms with Crippen molar-refractivity contribution in [2.75, 3.05) is 39.3 Å². The molecule has 0 radical (unpaired) electrons. The van der Waals surface area contributed by atoms with Gasteiger partial charge >= 0.3 is 0 Å². The molecule has 7 heteroatoms. The Bertz CT molecular complexity index is 647. The highest BCUT2D eigenvalue weighted by Crippen LogP contribution is 2.23. The molecule has 2 aromatic rings. The molecule has 1 aromatic carbocycles. The Hall–Kier alpha value is -1.21. The van der Waals surface area contributed by atoms with Crippen molar-refractivity contribution in [2.45, 2.75) is 6.54 Å². The molecule has 4 rings (SSSR count). The zero-order valence-corrected chi connectivity index (χ0v) is 14.5. The van der Waals surface area contributed by atoms with Crippen LogP contribution in [0.5, 0.6) is 0 Å². The van der Waals surface area contributed by atoms with Crippen LogP contribution in [-0.2, 0) is 11.3 Å². The summed E-state index contributed by atoms with van der Waals surface area (Å²) in [5, 5.41) is 4.34. The van der Waals surface area contributed by atoms with Crippen LogP contribution in [0, 0.1) is 5.92 Å². The maximum atomic E-state index is 12.2. The van der Waals surface area contributed by atoms with Crippen LogP contribution in [0.1, 0.15) is 5.01 Å². The highest BCUT2D eigenvalue weighted by atomic mass is 35.5. The molecule has 0 atom stereocenters. The number of nitrogens with one attached hydrogen (secondary N) is 1. The number of benzene rings is 1. The van der Waals surface area contributed by atoms with E-state index in [1.165, 1.54) is 9.71 Å². The van der Waals surface area contributed by atoms with Crippen LogP contribution >= 0.6 is 23.7 Å². The summed E-state index contributed by atoms with van der Waals surface area (Å²) in [6.07, 6.45) is 0. The first kappa shape index (κ1) is 16.6. The van der Waals surface area contributed by atoms with Gasteiger partial charge in [0, 0.05) is 39.3 Å². The number of aromatic nitrogens is 1. The molecule has 2 fully saturated rings. The lowest BCUT2D eigenvalue weighted by atomic mass is 10.0. The summed E-state index contributed by atoms with van der Waals surface area (Å²) in [5.41, 5.74) is 1.09. The summed E-state index contributed by atoms with van der Waals surface area (Å²) < 4.78 is 1.25. The van der Waals surface area contributed by atoms with Crippen molar-refractivity contribution in [3.05, 3.63) is 29.3 Å². The van der Waals surface area contributed by atoms with Crippen LogP contribution in [-0.4, -0.2) is 60.0 Å². The molecule has 0 unspecified atom stereocenters. The molecule has 0 bridgehead atoms. The van der Waals surface area contributed by atoms with E-state index < -0.39 is 0 Å². The van der Waals surface area contributed by atoms with E-state index in [1.807, 2.05) is 11.0 Å². The van der Waals surface area contributed by atoms with Crippen LogP contribution in [0.25, 0.3) is 10.2 Å². The van der Waals surface area contributed by atoms with Gasteiger partial charge in [-0.05, 0) is 12.1 Å². The number of para-hydroxylation sites is 1. The number of carbonyl (C=O) groups is 1. The Kier molecular flexibility index (Phi) is 5.16. The van der Waals surface area contributed by atoms with Crippen LogP contribution in [0.2, 0.25) is 0 Å².